The van der Waals surface area contributed by atoms with Crippen molar-refractivity contribution in [1.29, 1.82) is 0 Å². The quantitative estimate of drug-likeness (QED) is 0.0681. The van der Waals surface area contributed by atoms with E-state index < -0.39 is 7.26 Å². The van der Waals surface area contributed by atoms with Crippen molar-refractivity contribution < 1.29 is 37.9 Å². The third-order valence-corrected chi connectivity index (χ3v) is 26.7. The molecule has 2 aliphatic rings. The van der Waals surface area contributed by atoms with Crippen molar-refractivity contribution in [3.05, 3.63) is 218 Å². The van der Waals surface area contributed by atoms with Crippen LogP contribution in [0.1, 0.15) is 0 Å². The Bertz CT molecular complexity index is 3850. The summed E-state index contributed by atoms with van der Waals surface area (Å²) < 4.78 is 49.9. The van der Waals surface area contributed by atoms with Gasteiger partial charge in [0.15, 0.2) is 0 Å². The molecule has 446 valence electrons. The second-order valence-electron chi connectivity index (χ2n) is 20.8. The van der Waals surface area contributed by atoms with E-state index in [1.54, 1.807) is 102 Å². The molecule has 0 unspecified atom stereocenters. The number of thiophene rings is 4. The molecular formula is C72H61N4O8PS4. The Morgan fingerprint density at radius 2 is 0.371 bits per heavy atom. The fraction of sp³-hybridized carbons (Fsp3) is 0.111. The standard InChI is InChI=1S/C72H61N4O8PS4/c1-77-53-33-17-9-25-45(53)73(46-26-10-18-34-54(46)78-2)65-41-61-69(86-65)70-62(42-66(87-70)74(47-27-11-19-35-55(47)79-3)48-28-12-20-36-56(48)80-4)85(61)63-43-67(75(49-29-13-21-37-57(49)81-5)50-30-14-22-38-58(50)82-6)88-71(63)72-64(85)44-68(89-72)76(51-31-15-23-39-59(51)83-7)52-32-16-24-40-60(52)84-8/h9-44,85H,1-8H3. The summed E-state index contributed by atoms with van der Waals surface area (Å²) in [4.78, 5) is 14.0. The van der Waals surface area contributed by atoms with Crippen LogP contribution in [0.4, 0.5) is 65.5 Å². The SMILES string of the molecule is COc1ccccc1N(c1cc2c(s1)-c1sc(N(c3ccccc3OC)c3ccccc3OC)cc1[PH]21c2cc(N(c3ccccc3OC)c3ccccc3OC)sc2-c2sc(N(c3ccccc3OC)c3ccccc3OC)cc21)c1ccccc1OC. The van der Waals surface area contributed by atoms with E-state index in [0.29, 0.717) is 0 Å². The number of methoxy groups -OCH3 is 8. The summed E-state index contributed by atoms with van der Waals surface area (Å²) in [5, 5.41) is 9.09. The zero-order valence-corrected chi connectivity index (χ0v) is 54.2. The van der Waals surface area contributed by atoms with Gasteiger partial charge >= 0.3 is 538 Å². The van der Waals surface area contributed by atoms with Crippen molar-refractivity contribution in [3.63, 3.8) is 0 Å². The fourth-order valence-corrected chi connectivity index (χ4v) is 25.5. The molecule has 0 N–H and O–H groups in total. The summed E-state index contributed by atoms with van der Waals surface area (Å²) in [6.45, 7) is 0. The normalized spacial score (nSPS) is 12.5. The molecule has 0 fully saturated rings. The Morgan fingerprint density at radius 1 is 0.225 bits per heavy atom. The number of hydrogen-bond acceptors (Lipinski definition) is 16. The van der Waals surface area contributed by atoms with Crippen LogP contribution in [0.25, 0.3) is 19.5 Å². The van der Waals surface area contributed by atoms with Gasteiger partial charge in [0.1, 0.15) is 0 Å². The van der Waals surface area contributed by atoms with Gasteiger partial charge in [0.25, 0.3) is 0 Å². The Kier molecular flexibility index (Phi) is 15.4. The third-order valence-electron chi connectivity index (χ3n) is 16.4. The van der Waals surface area contributed by atoms with Crippen LogP contribution in [-0.4, -0.2) is 56.9 Å². The number of hydrogen-bond donors (Lipinski definition) is 0. The van der Waals surface area contributed by atoms with Gasteiger partial charge in [-0.2, -0.15) is 0 Å². The van der Waals surface area contributed by atoms with Crippen molar-refractivity contribution in [1.82, 2.24) is 0 Å². The minimum absolute atomic E-state index is 0.721. The first-order valence-electron chi connectivity index (χ1n) is 28.6. The van der Waals surface area contributed by atoms with E-state index in [0.717, 1.165) is 111 Å². The van der Waals surface area contributed by atoms with Gasteiger partial charge in [-0.05, 0) is 0 Å². The molecule has 1 spiro atoms. The molecule has 8 aromatic carbocycles. The molecule has 0 atom stereocenters. The van der Waals surface area contributed by atoms with E-state index in [1.807, 2.05) is 97.1 Å². The maximum absolute atomic E-state index is 6.24. The van der Waals surface area contributed by atoms with Crippen LogP contribution in [0.3, 0.4) is 0 Å². The molecule has 0 radical (unpaired) electrons. The molecule has 6 heterocycles. The average molecular weight is 1270 g/mol. The van der Waals surface area contributed by atoms with E-state index in [9.17, 15) is 0 Å². The van der Waals surface area contributed by atoms with Crippen LogP contribution < -0.4 is 78.7 Å². The number of fused-ring (bicyclic) bond motifs is 10. The molecule has 12 nitrogen and oxygen atoms in total. The van der Waals surface area contributed by atoms with Crippen LogP contribution >= 0.6 is 52.6 Å². The molecule has 89 heavy (non-hydrogen) atoms. The van der Waals surface area contributed by atoms with Gasteiger partial charge in [0.05, 0.1) is 0 Å². The van der Waals surface area contributed by atoms with E-state index in [-0.39, 0.29) is 0 Å². The van der Waals surface area contributed by atoms with Gasteiger partial charge in [-0.1, -0.05) is 0 Å². The predicted octanol–water partition coefficient (Wildman–Crippen LogP) is 18.2. The van der Waals surface area contributed by atoms with Crippen LogP contribution in [0, 0.1) is 0 Å². The van der Waals surface area contributed by atoms with Crippen LogP contribution in [0.15, 0.2) is 218 Å². The number of anilines is 12. The molecule has 4 aromatic heterocycles. The molecule has 0 saturated carbocycles. The molecule has 12 aromatic rings. The van der Waals surface area contributed by atoms with Crippen molar-refractivity contribution >= 4 is 139 Å². The second kappa shape index (κ2) is 23.9. The molecule has 0 aliphatic carbocycles. The minimum atomic E-state index is -3.55. The molecule has 0 saturated heterocycles. The summed E-state index contributed by atoms with van der Waals surface area (Å²) in [6, 6.07) is 75.5. The molecule has 2 aliphatic heterocycles. The summed E-state index contributed by atoms with van der Waals surface area (Å²) in [7, 11) is 10.3. The topological polar surface area (TPSA) is 86.8 Å². The first-order valence-corrected chi connectivity index (χ1v) is 33.9. The Morgan fingerprint density at radius 3 is 0.517 bits per heavy atom. The number of nitrogens with zero attached hydrogens (tertiary/aromatic N) is 4. The van der Waals surface area contributed by atoms with Gasteiger partial charge in [0, 0.05) is 0 Å². The number of para-hydroxylation sites is 16. The molecule has 17 heteroatoms. The first-order chi connectivity index (χ1) is 43.8. The van der Waals surface area contributed by atoms with Crippen molar-refractivity contribution in [3.8, 4) is 65.5 Å². The third kappa shape index (κ3) is 9.30. The van der Waals surface area contributed by atoms with Gasteiger partial charge in [-0.25, -0.2) is 0 Å². The van der Waals surface area contributed by atoms with Gasteiger partial charge in [0.2, 0.25) is 0 Å². The maximum atomic E-state index is 6.24. The van der Waals surface area contributed by atoms with E-state index >= 15 is 0 Å². The van der Waals surface area contributed by atoms with Crippen molar-refractivity contribution in [2.45, 2.75) is 0 Å². The molecule has 0 bridgehead atoms. The van der Waals surface area contributed by atoms with Crippen LogP contribution in [0.2, 0.25) is 0 Å². The fourth-order valence-electron chi connectivity index (χ4n) is 12.6. The summed E-state index contributed by atoms with van der Waals surface area (Å²) >= 11 is 7.15. The average Bonchev–Trinajstić information content (AvgIpc) is 1.49. The van der Waals surface area contributed by atoms with Gasteiger partial charge < -0.3 is 0 Å². The van der Waals surface area contributed by atoms with E-state index in [1.165, 1.54) is 40.7 Å². The Balaban J connectivity index is 1.13. The summed E-state index contributed by atoms with van der Waals surface area (Å²) in [5.41, 5.74) is 6.98. The monoisotopic (exact) mass is 1270 g/mol. The second-order valence-corrected chi connectivity index (χ2v) is 28.6. The van der Waals surface area contributed by atoms with Crippen molar-refractivity contribution in [2.75, 3.05) is 76.5 Å². The zero-order chi connectivity index (χ0) is 60.9. The Hall–Kier alpha value is -9.41. The van der Waals surface area contributed by atoms with Gasteiger partial charge in [-0.15, -0.1) is 0 Å². The Labute approximate surface area is 534 Å². The van der Waals surface area contributed by atoms with Gasteiger partial charge in [-0.3, -0.25) is 0 Å². The molecule has 0 amide bonds. The van der Waals surface area contributed by atoms with Crippen LogP contribution in [0.5, 0.6) is 46.0 Å². The number of ether oxygens (including phenoxy) is 8. The number of rotatable bonds is 20. The zero-order valence-electron chi connectivity index (χ0n) is 50.0. The predicted molar refractivity (Wildman–Crippen MR) is 373 cm³/mol. The number of benzene rings is 8. The summed E-state index contributed by atoms with van der Waals surface area (Å²) in [6.07, 6.45) is 0. The molecule has 14 rings (SSSR count). The van der Waals surface area contributed by atoms with Crippen LogP contribution in [-0.2, 0) is 0 Å². The van der Waals surface area contributed by atoms with E-state index in [2.05, 4.69) is 141 Å². The first kappa shape index (κ1) is 57.3. The molecular weight excluding hydrogens is 1210 g/mol. The van der Waals surface area contributed by atoms with Crippen molar-refractivity contribution in [2.24, 2.45) is 0 Å². The van der Waals surface area contributed by atoms with E-state index in [4.69, 9.17) is 37.9 Å². The summed E-state index contributed by atoms with van der Waals surface area (Å²) in [5.74, 6) is 5.76.